The van der Waals surface area contributed by atoms with Gasteiger partial charge in [0.05, 0.1) is 39.8 Å². The summed E-state index contributed by atoms with van der Waals surface area (Å²) in [5, 5.41) is 2.50. The molecule has 0 saturated carbocycles. The molecular weight excluding hydrogens is 1940 g/mol. The van der Waals surface area contributed by atoms with E-state index in [4.69, 9.17) is 21.6 Å². The number of fused-ring (bicyclic) bond motifs is 3. The van der Waals surface area contributed by atoms with Gasteiger partial charge in [-0.2, -0.15) is 9.84 Å². The molecule has 22 aromatic rings. The minimum atomic E-state index is -3.06. The first-order valence-electron chi connectivity index (χ1n) is 45.1. The second kappa shape index (κ2) is 44.9. The number of rotatable bonds is 20. The monoisotopic (exact) mass is 2040 g/mol. The van der Waals surface area contributed by atoms with E-state index in [0.29, 0.717) is 0 Å². The Morgan fingerprint density at radius 2 is 0.481 bits per heavy atom. The van der Waals surface area contributed by atoms with Crippen LogP contribution in [0.25, 0.3) is 95.5 Å². The maximum absolute atomic E-state index is 15.0. The van der Waals surface area contributed by atoms with Crippen molar-refractivity contribution < 1.29 is 8.77 Å². The summed E-state index contributed by atoms with van der Waals surface area (Å²) in [4.78, 5) is 20.4. The van der Waals surface area contributed by atoms with Gasteiger partial charge < -0.3 is 18.6 Å². The van der Waals surface area contributed by atoms with Crippen LogP contribution in [0, 0.1) is 0 Å². The van der Waals surface area contributed by atoms with Gasteiger partial charge in [0, 0.05) is 83.8 Å². The third-order valence-electron chi connectivity index (χ3n) is 23.6. The van der Waals surface area contributed by atoms with Crippen molar-refractivity contribution in [2.24, 2.45) is 0 Å². The maximum atomic E-state index is 15.0. The van der Waals surface area contributed by atoms with E-state index in [1.54, 1.807) is 9.84 Å². The smallest absolute Gasteiger partial charge is 0.145 e. The summed E-state index contributed by atoms with van der Waals surface area (Å²) in [5.74, 6) is 2.53. The zero-order chi connectivity index (χ0) is 93.4. The number of thiol groups is 1. The van der Waals surface area contributed by atoms with Crippen LogP contribution in [0.4, 0.5) is 34.1 Å². The molecule has 2 atom stereocenters. The van der Waals surface area contributed by atoms with Crippen molar-refractivity contribution >= 4 is 154 Å². The normalized spacial score (nSPS) is 11.1. The van der Waals surface area contributed by atoms with Crippen LogP contribution in [-0.2, 0) is 24.9 Å². The van der Waals surface area contributed by atoms with E-state index in [-0.39, 0.29) is 26.2 Å². The summed E-state index contributed by atoms with van der Waals surface area (Å²) in [5.41, 5.74) is 25.2. The molecule has 10 nitrogen and oxygen atoms in total. The second-order valence-corrected chi connectivity index (χ2v) is 34.9. The van der Waals surface area contributed by atoms with Gasteiger partial charge in [0.1, 0.15) is 17.5 Å². The number of hydrogen-bond acceptors (Lipinski definition) is 8. The fraction of sp³-hybridized carbons (Fsp3) is 0.0168. The number of nitrogens with zero attached hydrogens (tertiary/aromatic N) is 8. The van der Waals surface area contributed by atoms with Crippen molar-refractivity contribution in [3.05, 3.63) is 550 Å². The topological polar surface area (TPSA) is 94.1 Å². The first-order chi connectivity index (χ1) is 67.1. The van der Waals surface area contributed by atoms with Gasteiger partial charge in [-0.1, -0.05) is 372 Å². The molecule has 3 heterocycles. The third-order valence-corrected chi connectivity index (χ3v) is 26.7. The van der Waals surface area contributed by atoms with Crippen molar-refractivity contribution in [1.82, 2.24) is 28.7 Å². The van der Waals surface area contributed by atoms with Gasteiger partial charge in [0.2, 0.25) is 0 Å². The Bertz CT molecular complexity index is 7080. The number of hydrogen-bond donors (Lipinski definition) is 0. The molecule has 0 amide bonds. The van der Waals surface area contributed by atoms with Gasteiger partial charge in [-0.25, -0.2) is 23.0 Å². The Morgan fingerprint density at radius 1 is 0.281 bits per heavy atom. The van der Waals surface area contributed by atoms with Crippen LogP contribution in [0.1, 0.15) is 22.3 Å². The van der Waals surface area contributed by atoms with Gasteiger partial charge in [-0.15, -0.1) is 9.24 Å². The molecule has 0 fully saturated rings. The van der Waals surface area contributed by atoms with Crippen LogP contribution < -0.4 is 25.7 Å². The Kier molecular flexibility index (Phi) is 30.3. The summed E-state index contributed by atoms with van der Waals surface area (Å²) in [7, 11) is 1.91. The van der Waals surface area contributed by atoms with Crippen LogP contribution in [0.5, 0.6) is 0 Å². The maximum Gasteiger partial charge on any atom is 0.145 e. The molecule has 1 radical (unpaired) electrons. The molecule has 659 valence electrons. The van der Waals surface area contributed by atoms with Crippen LogP contribution in [-0.4, -0.2) is 63.9 Å². The second-order valence-electron chi connectivity index (χ2n) is 31.4. The SMILES string of the molecule is CP.O=P(c1ccccc1)(c1ccccc1)c1ccc(C(c2ccccc2)(c2ccccc2)c2ccccc2)cc1.[3H]P.[3H][S-](=O)=P.[BiH2].c1ccc(-n2c(-c3cc(-c4nc5ccccc5n4-c4ccccc4)cc(-c4nc5ccccc5n4-c4ccccc4)c3)nc3ccccc32)cc1.c1ccc(N(c2ccccc2)c2ccc(-c3ccc(N(c4ccccc4)c4ccccc4)cc3)cc2)cc1. The van der Waals surface area contributed by atoms with Gasteiger partial charge in [0.15, 0.2) is 7.14 Å². The molecule has 135 heavy (non-hydrogen) atoms. The molecule has 0 aliphatic heterocycles. The summed E-state index contributed by atoms with van der Waals surface area (Å²) in [6, 6.07) is 183. The largest absolute Gasteiger partial charge is 0.311 e. The zero-order valence-corrected chi connectivity index (χ0v) is 83.7. The Morgan fingerprint density at radius 3 is 0.741 bits per heavy atom. The summed E-state index contributed by atoms with van der Waals surface area (Å²) >= 11 is 0. The fourth-order valence-corrected chi connectivity index (χ4v) is 20.4. The number of aromatic nitrogens is 6. The van der Waals surface area contributed by atoms with Gasteiger partial charge in [-0.05, 0) is 197 Å². The molecule has 3 aromatic heterocycles. The molecule has 2 unspecified atom stereocenters. The van der Waals surface area contributed by atoms with Gasteiger partial charge in [0.25, 0.3) is 0 Å². The number of imidazole rings is 3. The molecule has 0 bridgehead atoms. The molecule has 0 aliphatic rings. The minimum absolute atomic E-state index is 0. The number of benzene rings is 19. The molecule has 16 heteroatoms. The number of para-hydroxylation sites is 13. The molecule has 0 saturated heterocycles. The molecule has 19 aromatic carbocycles. The van der Waals surface area contributed by atoms with Crippen LogP contribution in [0.2, 0.25) is 0 Å². The molecule has 0 spiro atoms. The first-order valence-corrected chi connectivity index (χ1v) is 48.9. The molecule has 0 aliphatic carbocycles. The van der Waals surface area contributed by atoms with Crippen LogP contribution in [0.15, 0.2) is 528 Å². The van der Waals surface area contributed by atoms with Gasteiger partial charge in [-0.3, -0.25) is 24.4 Å². The Labute approximate surface area is 821 Å². The standard InChI is InChI=1S/C45H30N6.C37H29OP.C36H28N2.CH5P.Bi.H2OPS.H3P.2H/c1-4-16-34(17-5-1)49-40-25-13-10-22-37(40)46-43(49)31-28-32(44-47-38-23-11-14-26-41(38)50(44)35-18-6-2-7-19-35)30-33(29-31)45-48-39-24-12-15-27-42(39)51(45)36-20-8-3-9-21-36;38-39(34-22-12-4-13-23-34,35-24-14-5-15-25-35)36-28-26-33(27-29-36)37(30-16-6-1-7-17-30,31-18-8-2-9-19-31)32-20-10-3-11-21-32;1-5-13-31(14-6-1)37(32-15-7-2-8-16-32)35-25-21-29(22-26-35)30-23-27-36(28-24-30)38(33-17-9-3-10-18-33)34-19-11-4-12-20-34;1-2;;1-3-2;;;/h1-30H;1-29H;1-28H;2H2,1H3;;2-3H;1H3;;/q;;;;;-1;;;/i;;;;;3T;1T;;. The van der Waals surface area contributed by atoms with Crippen molar-refractivity contribution in [2.45, 2.75) is 5.41 Å². The fourth-order valence-electron chi connectivity index (χ4n) is 17.7. The average molecular weight is 2040 g/mol. The first kappa shape index (κ1) is 91.1. The Hall–Kier alpha value is -14.4. The Balaban J connectivity index is 0.000000145. The van der Waals surface area contributed by atoms with Crippen molar-refractivity contribution in [3.8, 4) is 62.4 Å². The molecule has 22 rings (SSSR count). The molecular formula is C119H99BiN8O2P4S-. The van der Waals surface area contributed by atoms with E-state index in [1.165, 1.54) is 27.8 Å². The average Bonchev–Trinajstić information content (AvgIpc) is 1.52. The minimum Gasteiger partial charge on any atom is -0.311 e. The predicted octanol–water partition coefficient (Wildman–Crippen LogP) is 28.5. The quantitative estimate of drug-likeness (QED) is 0.0247. The predicted molar refractivity (Wildman–Crippen MR) is 585 cm³/mol. The zero-order valence-electron chi connectivity index (χ0n) is 76.2. The number of anilines is 6. The molecule has 0 N–H and O–H groups in total. The third kappa shape index (κ3) is 20.1. The van der Waals surface area contributed by atoms with Crippen LogP contribution >= 0.6 is 34.2 Å². The van der Waals surface area contributed by atoms with E-state index < -0.39 is 23.3 Å². The van der Waals surface area contributed by atoms with E-state index >= 15 is 0 Å². The summed E-state index contributed by atoms with van der Waals surface area (Å²) in [6.07, 6.45) is 0. The van der Waals surface area contributed by atoms with Gasteiger partial charge >= 0.3 is 26.2 Å². The summed E-state index contributed by atoms with van der Waals surface area (Å²) < 4.78 is 42.5. The van der Waals surface area contributed by atoms with E-state index in [2.05, 4.69) is 471 Å². The van der Waals surface area contributed by atoms with E-state index in [0.717, 1.165) is 140 Å². The van der Waals surface area contributed by atoms with E-state index in [1.807, 2.05) is 104 Å². The van der Waals surface area contributed by atoms with Crippen LogP contribution in [0.3, 0.4) is 0 Å². The van der Waals surface area contributed by atoms with E-state index in [9.17, 15) is 4.57 Å². The van der Waals surface area contributed by atoms with Crippen molar-refractivity contribution in [1.29, 1.82) is 2.40 Å². The summed E-state index contributed by atoms with van der Waals surface area (Å²) in [6.45, 7) is 1.92. The van der Waals surface area contributed by atoms with Crippen molar-refractivity contribution in [2.75, 3.05) is 16.5 Å². The van der Waals surface area contributed by atoms with Crippen molar-refractivity contribution in [3.63, 3.8) is 0 Å².